The molecule has 0 bridgehead atoms. The molecular weight excluding hydrogens is 242 g/mol. The molecule has 102 valence electrons. The zero-order valence-corrected chi connectivity index (χ0v) is 11.0. The molecule has 2 aliphatic rings. The summed E-state index contributed by atoms with van der Waals surface area (Å²) in [5.74, 6) is 0.646. The Morgan fingerprint density at radius 1 is 1.37 bits per heavy atom. The van der Waals surface area contributed by atoms with E-state index in [1.54, 1.807) is 18.3 Å². The molecule has 1 saturated heterocycles. The van der Waals surface area contributed by atoms with E-state index in [2.05, 4.69) is 10.3 Å². The number of rotatable bonds is 3. The van der Waals surface area contributed by atoms with E-state index in [4.69, 9.17) is 4.74 Å². The quantitative estimate of drug-likeness (QED) is 0.884. The third-order valence-electron chi connectivity index (χ3n) is 3.73. The molecule has 0 spiro atoms. The number of hydrogen-bond donors (Lipinski definition) is 1. The highest BCUT2D eigenvalue weighted by Gasteiger charge is 2.21. The van der Waals surface area contributed by atoms with Crippen LogP contribution in [-0.4, -0.2) is 48.1 Å². The van der Waals surface area contributed by atoms with Gasteiger partial charge in [0.25, 0.3) is 5.91 Å². The maximum Gasteiger partial charge on any atom is 0.254 e. The Bertz CT molecular complexity index is 454. The van der Waals surface area contributed by atoms with Crippen molar-refractivity contribution in [2.24, 2.45) is 0 Å². The maximum atomic E-state index is 12.3. The molecule has 19 heavy (non-hydrogen) atoms. The fourth-order valence-corrected chi connectivity index (χ4v) is 2.32. The van der Waals surface area contributed by atoms with Crippen LogP contribution in [0.2, 0.25) is 0 Å². The van der Waals surface area contributed by atoms with E-state index in [0.29, 0.717) is 11.4 Å². The minimum absolute atomic E-state index is 0.0716. The van der Waals surface area contributed by atoms with Crippen LogP contribution in [0.4, 0.5) is 0 Å². The molecular formula is C14H19N3O2. The largest absolute Gasteiger partial charge is 0.474 e. The van der Waals surface area contributed by atoms with Crippen LogP contribution >= 0.6 is 0 Å². The summed E-state index contributed by atoms with van der Waals surface area (Å²) in [5, 5.41) is 3.24. The van der Waals surface area contributed by atoms with Crippen molar-refractivity contribution < 1.29 is 9.53 Å². The Balaban J connectivity index is 1.68. The predicted molar refractivity (Wildman–Crippen MR) is 71.3 cm³/mol. The lowest BCUT2D eigenvalue weighted by molar-refractivity contribution is 0.0733. The molecule has 1 amide bonds. The molecule has 2 heterocycles. The fraction of sp³-hybridized carbons (Fsp3) is 0.571. The fourth-order valence-electron chi connectivity index (χ4n) is 2.32. The first-order valence-corrected chi connectivity index (χ1v) is 6.95. The lowest BCUT2D eigenvalue weighted by atomic mass is 9.96. The molecule has 0 aromatic carbocycles. The Kier molecular flexibility index (Phi) is 3.64. The van der Waals surface area contributed by atoms with Crippen molar-refractivity contribution in [3.05, 3.63) is 23.9 Å². The molecule has 1 aromatic rings. The maximum absolute atomic E-state index is 12.3. The first-order chi connectivity index (χ1) is 9.33. The van der Waals surface area contributed by atoms with Crippen LogP contribution in [0.5, 0.6) is 5.88 Å². The van der Waals surface area contributed by atoms with E-state index in [0.717, 1.165) is 39.0 Å². The van der Waals surface area contributed by atoms with Crippen LogP contribution < -0.4 is 10.1 Å². The molecule has 1 saturated carbocycles. The highest BCUT2D eigenvalue weighted by atomic mass is 16.5. The van der Waals surface area contributed by atoms with E-state index in [1.807, 2.05) is 4.90 Å². The zero-order valence-electron chi connectivity index (χ0n) is 11.0. The van der Waals surface area contributed by atoms with Crippen molar-refractivity contribution in [1.29, 1.82) is 0 Å². The third-order valence-corrected chi connectivity index (χ3v) is 3.73. The second kappa shape index (κ2) is 5.57. The van der Waals surface area contributed by atoms with Gasteiger partial charge >= 0.3 is 0 Å². The average molecular weight is 261 g/mol. The Morgan fingerprint density at radius 3 is 2.84 bits per heavy atom. The van der Waals surface area contributed by atoms with Gasteiger partial charge in [0.05, 0.1) is 0 Å². The zero-order chi connectivity index (χ0) is 13.1. The van der Waals surface area contributed by atoms with Gasteiger partial charge in [0.1, 0.15) is 6.10 Å². The second-order valence-corrected chi connectivity index (χ2v) is 5.10. The Labute approximate surface area is 113 Å². The number of amides is 1. The van der Waals surface area contributed by atoms with Crippen LogP contribution in [0.15, 0.2) is 18.3 Å². The number of nitrogens with zero attached hydrogens (tertiary/aromatic N) is 2. The second-order valence-electron chi connectivity index (χ2n) is 5.10. The SMILES string of the molecule is O=C(c1ccnc(OC2CCC2)c1)N1CCNCC1. The number of ether oxygens (including phenoxy) is 1. The van der Waals surface area contributed by atoms with Crippen LogP contribution in [0.25, 0.3) is 0 Å². The number of aromatic nitrogens is 1. The van der Waals surface area contributed by atoms with E-state index < -0.39 is 0 Å². The van der Waals surface area contributed by atoms with Gasteiger partial charge in [-0.1, -0.05) is 0 Å². The molecule has 5 nitrogen and oxygen atoms in total. The number of piperazine rings is 1. The molecule has 1 aliphatic carbocycles. The number of carbonyl (C=O) groups is 1. The Morgan fingerprint density at radius 2 is 2.16 bits per heavy atom. The van der Waals surface area contributed by atoms with Crippen molar-refractivity contribution >= 4 is 5.91 Å². The lowest BCUT2D eigenvalue weighted by Crippen LogP contribution is -2.46. The van der Waals surface area contributed by atoms with E-state index in [-0.39, 0.29) is 12.0 Å². The van der Waals surface area contributed by atoms with Crippen LogP contribution in [0, 0.1) is 0 Å². The molecule has 0 unspecified atom stereocenters. The van der Waals surface area contributed by atoms with Gasteiger partial charge < -0.3 is 15.0 Å². The summed E-state index contributed by atoms with van der Waals surface area (Å²) in [4.78, 5) is 18.4. The summed E-state index contributed by atoms with van der Waals surface area (Å²) in [5.41, 5.74) is 0.672. The van der Waals surface area contributed by atoms with Gasteiger partial charge in [-0.3, -0.25) is 4.79 Å². The molecule has 2 fully saturated rings. The predicted octanol–water partition coefficient (Wildman–Crippen LogP) is 1.06. The standard InChI is InChI=1S/C14H19N3O2/c18-14(17-8-6-15-7-9-17)11-4-5-16-13(10-11)19-12-2-1-3-12/h4-5,10,12,15H,1-3,6-9H2. The van der Waals surface area contributed by atoms with Gasteiger partial charge in [0.15, 0.2) is 0 Å². The van der Waals surface area contributed by atoms with Gasteiger partial charge in [-0.05, 0) is 25.3 Å². The van der Waals surface area contributed by atoms with Crippen LogP contribution in [0.3, 0.4) is 0 Å². The average Bonchev–Trinajstić information content (AvgIpc) is 2.43. The summed E-state index contributed by atoms with van der Waals surface area (Å²) in [6.45, 7) is 3.25. The molecule has 0 atom stereocenters. The van der Waals surface area contributed by atoms with Gasteiger partial charge in [0, 0.05) is 44.0 Å². The van der Waals surface area contributed by atoms with Crippen molar-refractivity contribution in [1.82, 2.24) is 15.2 Å². The van der Waals surface area contributed by atoms with Crippen LogP contribution in [-0.2, 0) is 0 Å². The van der Waals surface area contributed by atoms with Crippen LogP contribution in [0.1, 0.15) is 29.6 Å². The Hall–Kier alpha value is -1.62. The van der Waals surface area contributed by atoms with Crippen molar-refractivity contribution in [2.75, 3.05) is 26.2 Å². The minimum Gasteiger partial charge on any atom is -0.474 e. The van der Waals surface area contributed by atoms with Gasteiger partial charge in [-0.2, -0.15) is 0 Å². The van der Waals surface area contributed by atoms with Gasteiger partial charge in [-0.15, -0.1) is 0 Å². The highest BCUT2D eigenvalue weighted by Crippen LogP contribution is 2.24. The lowest BCUT2D eigenvalue weighted by Gasteiger charge is -2.28. The number of pyridine rings is 1. The minimum atomic E-state index is 0.0716. The topological polar surface area (TPSA) is 54.5 Å². The summed E-state index contributed by atoms with van der Waals surface area (Å²) < 4.78 is 5.73. The smallest absolute Gasteiger partial charge is 0.254 e. The molecule has 1 N–H and O–H groups in total. The molecule has 1 aromatic heterocycles. The van der Waals surface area contributed by atoms with Crippen molar-refractivity contribution in [2.45, 2.75) is 25.4 Å². The van der Waals surface area contributed by atoms with Crippen molar-refractivity contribution in [3.63, 3.8) is 0 Å². The number of hydrogen-bond acceptors (Lipinski definition) is 4. The van der Waals surface area contributed by atoms with Gasteiger partial charge in [0.2, 0.25) is 5.88 Å². The molecule has 5 heteroatoms. The third kappa shape index (κ3) is 2.87. The first-order valence-electron chi connectivity index (χ1n) is 6.95. The van der Waals surface area contributed by atoms with E-state index in [1.165, 1.54) is 6.42 Å². The molecule has 0 radical (unpaired) electrons. The summed E-state index contributed by atoms with van der Waals surface area (Å²) in [7, 11) is 0. The van der Waals surface area contributed by atoms with Crippen molar-refractivity contribution in [3.8, 4) is 5.88 Å². The summed E-state index contributed by atoms with van der Waals surface area (Å²) in [6, 6.07) is 3.53. The number of carbonyl (C=O) groups excluding carboxylic acids is 1. The first kappa shape index (κ1) is 12.4. The van der Waals surface area contributed by atoms with E-state index in [9.17, 15) is 4.79 Å². The molecule has 3 rings (SSSR count). The number of nitrogens with one attached hydrogen (secondary N) is 1. The van der Waals surface area contributed by atoms with E-state index >= 15 is 0 Å². The summed E-state index contributed by atoms with van der Waals surface area (Å²) >= 11 is 0. The monoisotopic (exact) mass is 261 g/mol. The highest BCUT2D eigenvalue weighted by molar-refractivity contribution is 5.94. The normalized spacial score (nSPS) is 19.9. The van der Waals surface area contributed by atoms with Gasteiger partial charge in [-0.25, -0.2) is 4.98 Å². The summed E-state index contributed by atoms with van der Waals surface area (Å²) in [6.07, 6.45) is 5.36. The molecule has 1 aliphatic heterocycles.